The first-order valence-corrected chi connectivity index (χ1v) is 12.0. The van der Waals surface area contributed by atoms with Crippen LogP contribution in [0.1, 0.15) is 34.6 Å². The van der Waals surface area contributed by atoms with Gasteiger partial charge in [0.1, 0.15) is 6.61 Å². The molecule has 0 bridgehead atoms. The van der Waals surface area contributed by atoms with Gasteiger partial charge in [-0.25, -0.2) is 4.79 Å². The zero-order valence-corrected chi connectivity index (χ0v) is 16.9. The van der Waals surface area contributed by atoms with E-state index < -0.39 is 14.5 Å². The molecule has 0 aromatic rings. The molecule has 23 heavy (non-hydrogen) atoms. The first-order valence-electron chi connectivity index (χ1n) is 8.64. The second kappa shape index (κ2) is 8.49. The normalized spacial score (nSPS) is 32.0. The molecule has 0 aliphatic carbocycles. The van der Waals surface area contributed by atoms with Gasteiger partial charge in [0, 0.05) is 5.92 Å². The molecular weight excluding hydrogens is 312 g/mol. The molecule has 0 aromatic heterocycles. The lowest BCUT2D eigenvalue weighted by atomic mass is 9.79. The van der Waals surface area contributed by atoms with Crippen LogP contribution in [0.3, 0.4) is 0 Å². The maximum Gasteiger partial charge on any atom is 0.508 e. The molecule has 1 rings (SSSR count). The van der Waals surface area contributed by atoms with Crippen LogP contribution in [-0.2, 0) is 18.6 Å². The van der Waals surface area contributed by atoms with Crippen molar-refractivity contribution in [2.45, 2.75) is 66.7 Å². The molecule has 0 spiro atoms. The number of carbonyl (C=O) groups is 1. The van der Waals surface area contributed by atoms with Crippen LogP contribution in [0.2, 0.25) is 19.6 Å². The van der Waals surface area contributed by atoms with E-state index in [-0.39, 0.29) is 19.0 Å². The Kier molecular flexibility index (Phi) is 7.55. The van der Waals surface area contributed by atoms with Crippen molar-refractivity contribution >= 4 is 14.5 Å². The van der Waals surface area contributed by atoms with Gasteiger partial charge in [-0.05, 0) is 37.4 Å². The van der Waals surface area contributed by atoms with E-state index in [1.807, 2.05) is 13.8 Å². The van der Waals surface area contributed by atoms with Crippen LogP contribution < -0.4 is 0 Å². The minimum Gasteiger partial charge on any atom is -0.434 e. The summed E-state index contributed by atoms with van der Waals surface area (Å²) in [5.41, 5.74) is 0. The van der Waals surface area contributed by atoms with Crippen LogP contribution in [0.4, 0.5) is 4.79 Å². The van der Waals surface area contributed by atoms with Gasteiger partial charge in [0.2, 0.25) is 0 Å². The molecule has 0 amide bonds. The lowest BCUT2D eigenvalue weighted by Gasteiger charge is -2.44. The smallest absolute Gasteiger partial charge is 0.434 e. The lowest BCUT2D eigenvalue weighted by molar-refractivity contribution is -0.224. The van der Waals surface area contributed by atoms with E-state index in [0.29, 0.717) is 30.3 Å². The number of hydrogen-bond acceptors (Lipinski definition) is 5. The minimum atomic E-state index is -1.70. The molecule has 1 aliphatic rings. The molecule has 5 unspecified atom stereocenters. The van der Waals surface area contributed by atoms with E-state index in [4.69, 9.17) is 18.6 Å². The zero-order chi connectivity index (χ0) is 17.8. The highest BCUT2D eigenvalue weighted by atomic mass is 28.4. The molecule has 1 fully saturated rings. The quantitative estimate of drug-likeness (QED) is 0.531. The van der Waals surface area contributed by atoms with E-state index >= 15 is 0 Å². The molecule has 136 valence electrons. The predicted molar refractivity (Wildman–Crippen MR) is 92.7 cm³/mol. The van der Waals surface area contributed by atoms with Gasteiger partial charge in [-0.2, -0.15) is 0 Å². The van der Waals surface area contributed by atoms with Gasteiger partial charge in [-0.3, -0.25) is 0 Å². The van der Waals surface area contributed by atoms with Crippen LogP contribution in [0.25, 0.3) is 0 Å². The predicted octanol–water partition coefficient (Wildman–Crippen LogP) is 4.28. The molecule has 0 saturated carbocycles. The van der Waals surface area contributed by atoms with Crippen molar-refractivity contribution in [3.63, 3.8) is 0 Å². The number of hydrogen-bond donors (Lipinski definition) is 0. The molecule has 5 nitrogen and oxygen atoms in total. The maximum atomic E-state index is 11.6. The maximum absolute atomic E-state index is 11.6. The SMILES string of the molecule is CC(C)COC(=O)OCC1OC(O[Si](C)(C)C)C(C)C(C)C1C. The third-order valence-corrected chi connectivity index (χ3v) is 5.29. The summed E-state index contributed by atoms with van der Waals surface area (Å²) in [4.78, 5) is 11.6. The van der Waals surface area contributed by atoms with Gasteiger partial charge >= 0.3 is 6.16 Å². The van der Waals surface area contributed by atoms with E-state index in [1.54, 1.807) is 0 Å². The monoisotopic (exact) mass is 346 g/mol. The Labute approximate surface area is 142 Å². The average molecular weight is 347 g/mol. The van der Waals surface area contributed by atoms with Gasteiger partial charge < -0.3 is 18.6 Å². The Morgan fingerprint density at radius 2 is 1.65 bits per heavy atom. The summed E-state index contributed by atoms with van der Waals surface area (Å²) >= 11 is 0. The topological polar surface area (TPSA) is 54.0 Å². The highest BCUT2D eigenvalue weighted by molar-refractivity contribution is 6.69. The molecule has 0 radical (unpaired) electrons. The van der Waals surface area contributed by atoms with Crippen LogP contribution in [-0.4, -0.2) is 40.1 Å². The summed E-state index contributed by atoms with van der Waals surface area (Å²) in [5, 5.41) is 0. The minimum absolute atomic E-state index is 0.158. The Morgan fingerprint density at radius 1 is 1.04 bits per heavy atom. The molecular formula is C17H34O5Si. The van der Waals surface area contributed by atoms with Crippen LogP contribution in [0.15, 0.2) is 0 Å². The largest absolute Gasteiger partial charge is 0.508 e. The summed E-state index contributed by atoms with van der Waals surface area (Å²) in [5.74, 6) is 1.35. The fourth-order valence-electron chi connectivity index (χ4n) is 2.59. The summed E-state index contributed by atoms with van der Waals surface area (Å²) < 4.78 is 22.6. The second-order valence-electron chi connectivity index (χ2n) is 8.12. The van der Waals surface area contributed by atoms with Gasteiger partial charge in [-0.1, -0.05) is 34.6 Å². The van der Waals surface area contributed by atoms with Crippen LogP contribution >= 0.6 is 0 Å². The van der Waals surface area contributed by atoms with Crippen molar-refractivity contribution in [2.24, 2.45) is 23.7 Å². The fraction of sp³-hybridized carbons (Fsp3) is 0.941. The van der Waals surface area contributed by atoms with Gasteiger partial charge in [0.15, 0.2) is 14.6 Å². The summed E-state index contributed by atoms with van der Waals surface area (Å²) in [6.07, 6.45) is -1.01. The van der Waals surface area contributed by atoms with Crippen molar-refractivity contribution in [3.05, 3.63) is 0 Å². The Hall–Kier alpha value is -0.593. The van der Waals surface area contributed by atoms with Crippen LogP contribution in [0, 0.1) is 23.7 Å². The summed E-state index contributed by atoms with van der Waals surface area (Å²) in [7, 11) is -1.70. The van der Waals surface area contributed by atoms with Crippen LogP contribution in [0.5, 0.6) is 0 Å². The fourth-order valence-corrected chi connectivity index (χ4v) is 3.55. The number of carbonyl (C=O) groups excluding carboxylic acids is 1. The Balaban J connectivity index is 2.57. The molecule has 6 heteroatoms. The average Bonchev–Trinajstić information content (AvgIpc) is 2.43. The zero-order valence-electron chi connectivity index (χ0n) is 15.9. The molecule has 5 atom stereocenters. The highest BCUT2D eigenvalue weighted by Crippen LogP contribution is 2.36. The third-order valence-electron chi connectivity index (χ3n) is 4.35. The van der Waals surface area contributed by atoms with E-state index in [1.165, 1.54) is 0 Å². The molecule has 0 aromatic carbocycles. The third kappa shape index (κ3) is 6.81. The standard InChI is InChI=1S/C17H34O5Si/c1-11(2)9-19-17(18)20-10-15-13(4)12(3)14(5)16(21-15)22-23(6,7)8/h11-16H,9-10H2,1-8H3. The Bertz CT molecular complexity index is 380. The van der Waals surface area contributed by atoms with Gasteiger partial charge in [0.25, 0.3) is 0 Å². The first-order chi connectivity index (χ1) is 10.5. The summed E-state index contributed by atoms with van der Waals surface area (Å²) in [6.45, 7) is 17.5. The van der Waals surface area contributed by atoms with Crippen molar-refractivity contribution in [2.75, 3.05) is 13.2 Å². The summed E-state index contributed by atoms with van der Waals surface area (Å²) in [6, 6.07) is 0. The number of rotatable bonds is 6. The molecule has 1 heterocycles. The molecule has 1 saturated heterocycles. The van der Waals surface area contributed by atoms with Gasteiger partial charge in [-0.15, -0.1) is 0 Å². The van der Waals surface area contributed by atoms with Crippen molar-refractivity contribution in [1.82, 2.24) is 0 Å². The van der Waals surface area contributed by atoms with E-state index in [0.717, 1.165) is 0 Å². The molecule has 1 aliphatic heterocycles. The second-order valence-corrected chi connectivity index (χ2v) is 12.6. The van der Waals surface area contributed by atoms with Gasteiger partial charge in [0.05, 0.1) is 12.7 Å². The highest BCUT2D eigenvalue weighted by Gasteiger charge is 2.41. The van der Waals surface area contributed by atoms with Crippen molar-refractivity contribution in [1.29, 1.82) is 0 Å². The molecule has 0 N–H and O–H groups in total. The van der Waals surface area contributed by atoms with Crippen molar-refractivity contribution < 1.29 is 23.4 Å². The lowest BCUT2D eigenvalue weighted by Crippen LogP contribution is -2.50. The van der Waals surface area contributed by atoms with E-state index in [9.17, 15) is 4.79 Å². The van der Waals surface area contributed by atoms with Crippen molar-refractivity contribution in [3.8, 4) is 0 Å². The number of ether oxygens (including phenoxy) is 3. The van der Waals surface area contributed by atoms with E-state index in [2.05, 4.69) is 40.4 Å². The first kappa shape index (κ1) is 20.5. The Morgan fingerprint density at radius 3 is 2.17 bits per heavy atom.